The predicted molar refractivity (Wildman–Crippen MR) is 167 cm³/mol. The highest BCUT2D eigenvalue weighted by molar-refractivity contribution is 9.10. The average Bonchev–Trinajstić information content (AvgIpc) is 3.44. The van der Waals surface area contributed by atoms with E-state index in [-0.39, 0.29) is 46.8 Å². The molecular formula is C30H38BrF3N6O3S. The Balaban J connectivity index is 1.28. The number of nitrogens with one attached hydrogen (secondary N) is 1. The summed E-state index contributed by atoms with van der Waals surface area (Å²) in [6, 6.07) is 4.68. The fourth-order valence-electron chi connectivity index (χ4n) is 6.47. The van der Waals surface area contributed by atoms with Gasteiger partial charge < -0.3 is 25.3 Å². The van der Waals surface area contributed by atoms with Crippen LogP contribution in [0.2, 0.25) is 0 Å². The Kier molecular flexibility index (Phi) is 9.81. The fraction of sp³-hybridized carbons (Fsp3) is 0.567. The number of carbonyl (C=O) groups is 3. The molecule has 5 rings (SSSR count). The third-order valence-electron chi connectivity index (χ3n) is 9.08. The highest BCUT2D eigenvalue weighted by atomic mass is 79.9. The topological polar surface area (TPSA) is 102 Å². The zero-order valence-electron chi connectivity index (χ0n) is 24.8. The third kappa shape index (κ3) is 7.17. The number of thiophene rings is 1. The Morgan fingerprint density at radius 2 is 1.77 bits per heavy atom. The lowest BCUT2D eigenvalue weighted by Crippen LogP contribution is -2.51. The molecule has 1 aromatic heterocycles. The molecule has 1 aromatic carbocycles. The maximum absolute atomic E-state index is 13.8. The number of amides is 4. The normalized spacial score (nSPS) is 19.2. The van der Waals surface area contributed by atoms with Gasteiger partial charge in [-0.25, -0.2) is 4.79 Å². The Morgan fingerprint density at radius 3 is 2.41 bits per heavy atom. The number of rotatable bonds is 7. The molecule has 3 N–H and O–H groups in total. The van der Waals surface area contributed by atoms with E-state index >= 15 is 0 Å². The average molecular weight is 700 g/mol. The lowest BCUT2D eigenvalue weighted by Gasteiger charge is -2.40. The molecule has 0 radical (unpaired) electrons. The molecule has 4 amide bonds. The molecular weight excluding hydrogens is 661 g/mol. The standard InChI is InChI=1S/C30H38BrF3N6O3S/c1-37(2)21-3-10-39(11-4-21)28(42)20(13-18-14-23(30(32,33)34)26(35)24(31)15-18)16-25(41)38-8-5-22(6-9-38)40-17-19-7-12-44-27(19)36-29(40)43/h7,12,14-15,20-22H,3-6,8-11,13,16-17,35H2,1-2H3,(H,36,43)/t20-/m0/s1. The van der Waals surface area contributed by atoms with Crippen molar-refractivity contribution in [3.63, 3.8) is 0 Å². The van der Waals surface area contributed by atoms with Gasteiger partial charge in [0.05, 0.1) is 23.7 Å². The van der Waals surface area contributed by atoms with Crippen molar-refractivity contribution in [1.29, 1.82) is 0 Å². The second-order valence-electron chi connectivity index (χ2n) is 12.1. The van der Waals surface area contributed by atoms with Crippen LogP contribution >= 0.6 is 27.3 Å². The van der Waals surface area contributed by atoms with E-state index in [9.17, 15) is 27.6 Å². The first-order valence-corrected chi connectivity index (χ1v) is 16.5. The van der Waals surface area contributed by atoms with Crippen molar-refractivity contribution >= 4 is 55.8 Å². The lowest BCUT2D eigenvalue weighted by molar-refractivity contribution is -0.143. The molecule has 2 saturated heterocycles. The van der Waals surface area contributed by atoms with Crippen molar-refractivity contribution < 1.29 is 27.6 Å². The zero-order valence-corrected chi connectivity index (χ0v) is 27.2. The van der Waals surface area contributed by atoms with Gasteiger partial charge in [-0.2, -0.15) is 13.2 Å². The summed E-state index contributed by atoms with van der Waals surface area (Å²) >= 11 is 4.64. The fourth-order valence-corrected chi connectivity index (χ4v) is 7.78. The molecule has 0 unspecified atom stereocenters. The van der Waals surface area contributed by atoms with Crippen molar-refractivity contribution in [3.05, 3.63) is 44.7 Å². The van der Waals surface area contributed by atoms with E-state index < -0.39 is 23.3 Å². The van der Waals surface area contributed by atoms with Crippen LogP contribution in [0.15, 0.2) is 28.1 Å². The number of fused-ring (bicyclic) bond motifs is 1. The molecule has 2 fully saturated rings. The minimum atomic E-state index is -4.66. The number of carbonyl (C=O) groups excluding carboxylic acids is 3. The molecule has 4 heterocycles. The molecule has 0 saturated carbocycles. The van der Waals surface area contributed by atoms with E-state index in [1.165, 1.54) is 17.4 Å². The number of urea groups is 1. The molecule has 44 heavy (non-hydrogen) atoms. The smallest absolute Gasteiger partial charge is 0.397 e. The van der Waals surface area contributed by atoms with Gasteiger partial charge in [-0.15, -0.1) is 11.3 Å². The van der Waals surface area contributed by atoms with Crippen LogP contribution in [0.5, 0.6) is 0 Å². The van der Waals surface area contributed by atoms with E-state index in [0.717, 1.165) is 29.5 Å². The summed E-state index contributed by atoms with van der Waals surface area (Å²) in [4.78, 5) is 47.6. The van der Waals surface area contributed by atoms with Gasteiger partial charge in [-0.05, 0) is 91.3 Å². The van der Waals surface area contributed by atoms with Crippen molar-refractivity contribution in [3.8, 4) is 0 Å². The Labute approximate surface area is 267 Å². The van der Waals surface area contributed by atoms with Crippen LogP contribution in [-0.4, -0.2) is 89.8 Å². The van der Waals surface area contributed by atoms with Gasteiger partial charge in [-0.3, -0.25) is 14.9 Å². The number of alkyl halides is 3. The van der Waals surface area contributed by atoms with Crippen LogP contribution in [0.25, 0.3) is 0 Å². The monoisotopic (exact) mass is 698 g/mol. The molecule has 3 aliphatic rings. The number of nitrogens with two attached hydrogens (primary N) is 1. The summed E-state index contributed by atoms with van der Waals surface area (Å²) in [6.07, 6.45) is -2.00. The third-order valence-corrected chi connectivity index (χ3v) is 10.6. The van der Waals surface area contributed by atoms with E-state index in [2.05, 4.69) is 26.1 Å². The second kappa shape index (κ2) is 13.3. The molecule has 3 aliphatic heterocycles. The number of anilines is 2. The van der Waals surface area contributed by atoms with Gasteiger partial charge >= 0.3 is 12.2 Å². The maximum atomic E-state index is 13.8. The first kappa shape index (κ1) is 32.6. The number of hydrogen-bond donors (Lipinski definition) is 2. The SMILES string of the molecule is CN(C)C1CCN(C(=O)[C@H](CC(=O)N2CCC(N3Cc4ccsc4NC3=O)CC2)Cc2cc(Br)c(N)c(C(F)(F)F)c2)CC1. The molecule has 9 nitrogen and oxygen atoms in total. The Morgan fingerprint density at radius 1 is 1.11 bits per heavy atom. The number of benzene rings is 1. The highest BCUT2D eigenvalue weighted by Gasteiger charge is 2.37. The van der Waals surface area contributed by atoms with E-state index in [1.807, 2.05) is 30.4 Å². The van der Waals surface area contributed by atoms with Crippen LogP contribution in [0, 0.1) is 5.92 Å². The molecule has 240 valence electrons. The minimum Gasteiger partial charge on any atom is -0.397 e. The van der Waals surface area contributed by atoms with Crippen molar-refractivity contribution in [2.45, 2.75) is 63.3 Å². The molecule has 0 aliphatic carbocycles. The van der Waals surface area contributed by atoms with Crippen molar-refractivity contribution in [1.82, 2.24) is 19.6 Å². The molecule has 0 spiro atoms. The lowest BCUT2D eigenvalue weighted by atomic mass is 9.91. The van der Waals surface area contributed by atoms with Crippen LogP contribution in [-0.2, 0) is 28.7 Å². The van der Waals surface area contributed by atoms with Crippen LogP contribution in [0.1, 0.15) is 48.8 Å². The van der Waals surface area contributed by atoms with Gasteiger partial charge in [0.25, 0.3) is 0 Å². The molecule has 0 bridgehead atoms. The van der Waals surface area contributed by atoms with E-state index in [0.29, 0.717) is 51.6 Å². The summed E-state index contributed by atoms with van der Waals surface area (Å²) in [5, 5.41) is 5.76. The van der Waals surface area contributed by atoms with E-state index in [4.69, 9.17) is 5.73 Å². The number of likely N-dealkylation sites (tertiary alicyclic amines) is 2. The highest BCUT2D eigenvalue weighted by Crippen LogP contribution is 2.39. The summed E-state index contributed by atoms with van der Waals surface area (Å²) in [7, 11) is 4.00. The quantitative estimate of drug-likeness (QED) is 0.385. The largest absolute Gasteiger partial charge is 0.418 e. The minimum absolute atomic E-state index is 0.0181. The molecule has 14 heteroatoms. The zero-order chi connectivity index (χ0) is 31.8. The van der Waals surface area contributed by atoms with E-state index in [1.54, 1.807) is 9.80 Å². The van der Waals surface area contributed by atoms with Crippen molar-refractivity contribution in [2.24, 2.45) is 5.92 Å². The van der Waals surface area contributed by atoms with Gasteiger partial charge in [0.2, 0.25) is 11.8 Å². The predicted octanol–water partition coefficient (Wildman–Crippen LogP) is 5.25. The Bertz CT molecular complexity index is 1390. The summed E-state index contributed by atoms with van der Waals surface area (Å²) in [5.41, 5.74) is 5.70. The number of nitrogen functional groups attached to an aromatic ring is 1. The van der Waals surface area contributed by atoms with Crippen LogP contribution in [0.4, 0.5) is 28.7 Å². The maximum Gasteiger partial charge on any atom is 0.418 e. The first-order chi connectivity index (χ1) is 20.8. The number of hydrogen-bond acceptors (Lipinski definition) is 6. The Hall–Kier alpha value is -2.84. The van der Waals surface area contributed by atoms with Crippen LogP contribution in [0.3, 0.4) is 0 Å². The number of halogens is 4. The van der Waals surface area contributed by atoms with Crippen LogP contribution < -0.4 is 11.1 Å². The van der Waals surface area contributed by atoms with Crippen molar-refractivity contribution in [2.75, 3.05) is 51.3 Å². The molecule has 2 aromatic rings. The number of piperidine rings is 2. The summed E-state index contributed by atoms with van der Waals surface area (Å²) in [6.45, 7) is 2.46. The van der Waals surface area contributed by atoms with Gasteiger partial charge in [0, 0.05) is 54.7 Å². The molecule has 1 atom stereocenters. The number of nitrogens with zero attached hydrogens (tertiary/aromatic N) is 4. The summed E-state index contributed by atoms with van der Waals surface area (Å²) < 4.78 is 41.3. The van der Waals surface area contributed by atoms with Gasteiger partial charge in [-0.1, -0.05) is 0 Å². The van der Waals surface area contributed by atoms with Gasteiger partial charge in [0.15, 0.2) is 0 Å². The van der Waals surface area contributed by atoms with Gasteiger partial charge in [0.1, 0.15) is 5.00 Å². The summed E-state index contributed by atoms with van der Waals surface area (Å²) in [5.74, 6) is -1.25. The first-order valence-electron chi connectivity index (χ1n) is 14.8. The second-order valence-corrected chi connectivity index (χ2v) is 13.9.